The molecule has 0 unspecified atom stereocenters. The summed E-state index contributed by atoms with van der Waals surface area (Å²) in [5, 5.41) is 8.76. The van der Waals surface area contributed by atoms with Crippen LogP contribution in [0.15, 0.2) is 24.3 Å². The molecule has 1 aromatic carbocycles. The van der Waals surface area contributed by atoms with Gasteiger partial charge in [0, 0.05) is 39.5 Å². The molecule has 2 aliphatic heterocycles. The number of hydrogen-bond donors (Lipinski definition) is 1. The average Bonchev–Trinajstić information content (AvgIpc) is 3.10. The molecule has 1 N–H and O–H groups in total. The molecule has 4 rings (SSSR count). The molecule has 0 spiro atoms. The summed E-state index contributed by atoms with van der Waals surface area (Å²) in [6.45, 7) is 8.28. The summed E-state index contributed by atoms with van der Waals surface area (Å²) in [6.07, 6.45) is 4.07. The van der Waals surface area contributed by atoms with E-state index in [1.165, 1.54) is 0 Å². The van der Waals surface area contributed by atoms with Crippen molar-refractivity contribution < 1.29 is 19.0 Å². The molecule has 30 heavy (non-hydrogen) atoms. The first-order chi connectivity index (χ1) is 14.5. The van der Waals surface area contributed by atoms with Crippen LogP contribution in [-0.4, -0.2) is 54.3 Å². The third-order valence-electron chi connectivity index (χ3n) is 6.19. The molecule has 0 aliphatic carbocycles. The zero-order valence-corrected chi connectivity index (χ0v) is 18.1. The van der Waals surface area contributed by atoms with Crippen LogP contribution in [0.2, 0.25) is 0 Å². The van der Waals surface area contributed by atoms with Gasteiger partial charge in [-0.3, -0.25) is 9.48 Å². The fourth-order valence-corrected chi connectivity index (χ4v) is 4.17. The Hall–Kier alpha value is -2.12. The number of nitrogens with one attached hydrogen (secondary N) is 1. The van der Waals surface area contributed by atoms with E-state index in [-0.39, 0.29) is 5.91 Å². The SMILES string of the molecule is CC(C)(Oc1nn(CC2CCOCC2)c2ccccc12)C(=O)NCC1CCOCC1. The molecule has 0 saturated carbocycles. The van der Waals surface area contributed by atoms with Gasteiger partial charge in [-0.15, -0.1) is 5.10 Å². The molecule has 2 aromatic rings. The molecule has 0 atom stereocenters. The number of rotatable bonds is 7. The minimum absolute atomic E-state index is 0.114. The third-order valence-corrected chi connectivity index (χ3v) is 6.19. The highest BCUT2D eigenvalue weighted by molar-refractivity contribution is 5.87. The van der Waals surface area contributed by atoms with Gasteiger partial charge in [0.1, 0.15) is 0 Å². The molecule has 1 aromatic heterocycles. The number of carbonyl (C=O) groups is 1. The van der Waals surface area contributed by atoms with Crippen molar-refractivity contribution in [2.75, 3.05) is 33.0 Å². The number of hydrogen-bond acceptors (Lipinski definition) is 5. The lowest BCUT2D eigenvalue weighted by Crippen LogP contribution is -2.48. The van der Waals surface area contributed by atoms with Crippen LogP contribution in [0.4, 0.5) is 0 Å². The lowest BCUT2D eigenvalue weighted by atomic mass is 10.00. The van der Waals surface area contributed by atoms with Gasteiger partial charge >= 0.3 is 0 Å². The topological polar surface area (TPSA) is 74.6 Å². The second kappa shape index (κ2) is 9.35. The predicted octanol–water partition coefficient (Wildman–Crippen LogP) is 3.16. The van der Waals surface area contributed by atoms with Gasteiger partial charge in [-0.25, -0.2) is 0 Å². The molecule has 7 nitrogen and oxygen atoms in total. The Labute approximate surface area is 178 Å². The molecule has 0 bridgehead atoms. The molecular formula is C23H33N3O4. The van der Waals surface area contributed by atoms with E-state index in [0.29, 0.717) is 24.3 Å². The van der Waals surface area contributed by atoms with Crippen molar-refractivity contribution >= 4 is 16.8 Å². The Bertz CT molecular complexity index is 851. The first-order valence-corrected chi connectivity index (χ1v) is 11.1. The Kier molecular flexibility index (Phi) is 6.58. The molecule has 2 aliphatic rings. The molecule has 3 heterocycles. The number of nitrogens with zero attached hydrogens (tertiary/aromatic N) is 2. The van der Waals surface area contributed by atoms with E-state index in [4.69, 9.17) is 19.3 Å². The maximum Gasteiger partial charge on any atom is 0.263 e. The van der Waals surface area contributed by atoms with Gasteiger partial charge in [0.25, 0.3) is 5.91 Å². The monoisotopic (exact) mass is 415 g/mol. The normalized spacial score (nSPS) is 19.1. The van der Waals surface area contributed by atoms with Crippen LogP contribution >= 0.6 is 0 Å². The summed E-state index contributed by atoms with van der Waals surface area (Å²) >= 11 is 0. The zero-order chi connectivity index (χ0) is 21.0. The lowest BCUT2D eigenvalue weighted by molar-refractivity contribution is -0.134. The fraction of sp³-hybridized carbons (Fsp3) is 0.652. The number of fused-ring (bicyclic) bond motifs is 1. The Morgan fingerprint density at radius 1 is 1.10 bits per heavy atom. The number of aromatic nitrogens is 2. The minimum Gasteiger partial charge on any atom is -0.460 e. The maximum absolute atomic E-state index is 12.9. The van der Waals surface area contributed by atoms with Crippen molar-refractivity contribution in [1.82, 2.24) is 15.1 Å². The average molecular weight is 416 g/mol. The van der Waals surface area contributed by atoms with E-state index in [1.54, 1.807) is 13.8 Å². The van der Waals surface area contributed by atoms with Gasteiger partial charge in [0.05, 0.1) is 10.9 Å². The molecular weight excluding hydrogens is 382 g/mol. The van der Waals surface area contributed by atoms with Crippen molar-refractivity contribution in [1.29, 1.82) is 0 Å². The number of amides is 1. The van der Waals surface area contributed by atoms with E-state index in [0.717, 1.165) is 69.6 Å². The maximum atomic E-state index is 12.9. The first kappa shape index (κ1) is 21.1. The second-order valence-electron chi connectivity index (χ2n) is 8.94. The fourth-order valence-electron chi connectivity index (χ4n) is 4.17. The van der Waals surface area contributed by atoms with Crippen molar-refractivity contribution in [3.63, 3.8) is 0 Å². The lowest BCUT2D eigenvalue weighted by Gasteiger charge is -2.27. The Balaban J connectivity index is 1.45. The number of carbonyl (C=O) groups excluding carboxylic acids is 1. The Morgan fingerprint density at radius 3 is 2.43 bits per heavy atom. The predicted molar refractivity (Wildman–Crippen MR) is 115 cm³/mol. The minimum atomic E-state index is -1.01. The standard InChI is InChI=1S/C23H33N3O4/c1-23(2,22(27)24-15-17-7-11-28-12-8-17)30-21-19-5-3-4-6-20(19)26(25-21)16-18-9-13-29-14-10-18/h3-6,17-18H,7-16H2,1-2H3,(H,24,27). The third kappa shape index (κ3) is 4.95. The highest BCUT2D eigenvalue weighted by Gasteiger charge is 2.32. The van der Waals surface area contributed by atoms with E-state index >= 15 is 0 Å². The molecule has 164 valence electrons. The molecule has 0 radical (unpaired) electrons. The summed E-state index contributed by atoms with van der Waals surface area (Å²) in [4.78, 5) is 12.9. The van der Waals surface area contributed by atoms with Crippen LogP contribution in [0.1, 0.15) is 39.5 Å². The molecule has 2 fully saturated rings. The molecule has 1 amide bonds. The van der Waals surface area contributed by atoms with Crippen LogP contribution in [0.3, 0.4) is 0 Å². The van der Waals surface area contributed by atoms with Gasteiger partial charge in [-0.1, -0.05) is 12.1 Å². The molecule has 7 heteroatoms. The van der Waals surface area contributed by atoms with Gasteiger partial charge in [0.15, 0.2) is 5.60 Å². The van der Waals surface area contributed by atoms with Crippen molar-refractivity contribution in [2.45, 2.75) is 51.7 Å². The van der Waals surface area contributed by atoms with E-state index in [9.17, 15) is 4.79 Å². The summed E-state index contributed by atoms with van der Waals surface area (Å²) < 4.78 is 19.1. The second-order valence-corrected chi connectivity index (χ2v) is 8.94. The first-order valence-electron chi connectivity index (χ1n) is 11.1. The smallest absolute Gasteiger partial charge is 0.263 e. The summed E-state index contributed by atoms with van der Waals surface area (Å²) in [7, 11) is 0. The van der Waals surface area contributed by atoms with E-state index in [2.05, 4.69) is 11.4 Å². The van der Waals surface area contributed by atoms with Crippen LogP contribution in [0.25, 0.3) is 10.9 Å². The van der Waals surface area contributed by atoms with E-state index in [1.807, 2.05) is 22.9 Å². The highest BCUT2D eigenvalue weighted by atomic mass is 16.5. The van der Waals surface area contributed by atoms with Gasteiger partial charge in [-0.2, -0.15) is 0 Å². The summed E-state index contributed by atoms with van der Waals surface area (Å²) in [5.74, 6) is 1.42. The van der Waals surface area contributed by atoms with Gasteiger partial charge in [0.2, 0.25) is 5.88 Å². The van der Waals surface area contributed by atoms with Crippen molar-refractivity contribution in [2.24, 2.45) is 11.8 Å². The largest absolute Gasteiger partial charge is 0.460 e. The van der Waals surface area contributed by atoms with E-state index < -0.39 is 5.60 Å². The van der Waals surface area contributed by atoms with Gasteiger partial charge in [-0.05, 0) is 63.5 Å². The quantitative estimate of drug-likeness (QED) is 0.752. The number of ether oxygens (including phenoxy) is 3. The molecule has 2 saturated heterocycles. The van der Waals surface area contributed by atoms with Crippen molar-refractivity contribution in [3.05, 3.63) is 24.3 Å². The summed E-state index contributed by atoms with van der Waals surface area (Å²) in [5.41, 5.74) is 0.0311. The Morgan fingerprint density at radius 2 is 1.73 bits per heavy atom. The van der Waals surface area contributed by atoms with Crippen LogP contribution < -0.4 is 10.1 Å². The highest BCUT2D eigenvalue weighted by Crippen LogP contribution is 2.29. The number of para-hydroxylation sites is 1. The van der Waals surface area contributed by atoms with Crippen LogP contribution in [-0.2, 0) is 20.8 Å². The summed E-state index contributed by atoms with van der Waals surface area (Å²) in [6, 6.07) is 8.06. The van der Waals surface area contributed by atoms with Crippen LogP contribution in [0.5, 0.6) is 5.88 Å². The van der Waals surface area contributed by atoms with Crippen molar-refractivity contribution in [3.8, 4) is 5.88 Å². The zero-order valence-electron chi connectivity index (χ0n) is 18.1. The number of benzene rings is 1. The van der Waals surface area contributed by atoms with Crippen LogP contribution in [0, 0.1) is 11.8 Å². The van der Waals surface area contributed by atoms with Gasteiger partial charge < -0.3 is 19.5 Å².